The quantitative estimate of drug-likeness (QED) is 0.623. The molecule has 0 saturated heterocycles. The van der Waals surface area contributed by atoms with Gasteiger partial charge in [0.2, 0.25) is 0 Å². The van der Waals surface area contributed by atoms with Gasteiger partial charge >= 0.3 is 10.5 Å². The smallest absolute Gasteiger partial charge is 0.488 e. The van der Waals surface area contributed by atoms with Gasteiger partial charge in [-0.1, -0.05) is 9.95 Å². The van der Waals surface area contributed by atoms with E-state index in [1.807, 2.05) is 0 Å². The number of halogens is 2. The van der Waals surface area contributed by atoms with Crippen molar-refractivity contribution in [3.63, 3.8) is 0 Å². The fourth-order valence-electron chi connectivity index (χ4n) is 2.00. The Kier molecular flexibility index (Phi) is 4.61. The summed E-state index contributed by atoms with van der Waals surface area (Å²) in [7, 11) is -5.08. The lowest BCUT2D eigenvalue weighted by Gasteiger charge is -2.09. The molecule has 3 rings (SSSR count). The standard InChI is InChI=1S/C15H11F2N3O4S/c16-15-7-12(20-10-18-9-19-20)2-1-11(15)8-23-13-3-5-14(6-4-13)24-25(17,21)22/h1-7,9-10H,8H2. The van der Waals surface area contributed by atoms with Crippen LogP contribution >= 0.6 is 0 Å². The number of benzene rings is 2. The molecule has 0 radical (unpaired) electrons. The Morgan fingerprint density at radius 2 is 1.80 bits per heavy atom. The van der Waals surface area contributed by atoms with Crippen LogP contribution in [0.2, 0.25) is 0 Å². The Hall–Kier alpha value is -3.01. The zero-order chi connectivity index (χ0) is 17.9. The van der Waals surface area contributed by atoms with Crippen LogP contribution < -0.4 is 8.92 Å². The van der Waals surface area contributed by atoms with Crippen LogP contribution in [0.3, 0.4) is 0 Å². The van der Waals surface area contributed by atoms with Crippen LogP contribution in [-0.4, -0.2) is 23.2 Å². The van der Waals surface area contributed by atoms with E-state index < -0.39 is 16.3 Å². The van der Waals surface area contributed by atoms with E-state index in [0.717, 1.165) is 0 Å². The molecule has 0 fully saturated rings. The first kappa shape index (κ1) is 16.8. The van der Waals surface area contributed by atoms with Gasteiger partial charge in [0, 0.05) is 11.6 Å². The minimum atomic E-state index is -5.08. The predicted octanol–water partition coefficient (Wildman–Crippen LogP) is 2.58. The maximum atomic E-state index is 14.1. The summed E-state index contributed by atoms with van der Waals surface area (Å²) in [6.07, 6.45) is 2.79. The molecule has 7 nitrogen and oxygen atoms in total. The van der Waals surface area contributed by atoms with Crippen molar-refractivity contribution in [2.24, 2.45) is 0 Å². The molecule has 0 amide bonds. The van der Waals surface area contributed by atoms with Gasteiger partial charge in [-0.05, 0) is 30.3 Å². The molecular weight excluding hydrogens is 356 g/mol. The summed E-state index contributed by atoms with van der Waals surface area (Å²) in [6.45, 7) is -0.0505. The van der Waals surface area contributed by atoms with Crippen LogP contribution in [0.1, 0.15) is 5.56 Å². The Balaban J connectivity index is 1.65. The SMILES string of the molecule is O=S(=O)(F)Oc1ccc(OCc2ccc(-n3cncn3)cc2F)cc1. The van der Waals surface area contributed by atoms with Crippen LogP contribution in [0.25, 0.3) is 5.69 Å². The maximum Gasteiger partial charge on any atom is 0.488 e. The van der Waals surface area contributed by atoms with Crippen molar-refractivity contribution in [1.82, 2.24) is 14.8 Å². The number of aromatic nitrogens is 3. The van der Waals surface area contributed by atoms with E-state index in [2.05, 4.69) is 14.3 Å². The van der Waals surface area contributed by atoms with Crippen molar-refractivity contribution >= 4 is 10.5 Å². The number of hydrogen-bond acceptors (Lipinski definition) is 6. The van der Waals surface area contributed by atoms with E-state index in [1.165, 1.54) is 47.7 Å². The zero-order valence-electron chi connectivity index (χ0n) is 12.5. The molecule has 1 heterocycles. The van der Waals surface area contributed by atoms with Gasteiger partial charge < -0.3 is 8.92 Å². The summed E-state index contributed by atoms with van der Waals surface area (Å²) < 4.78 is 58.2. The molecule has 0 unspecified atom stereocenters. The summed E-state index contributed by atoms with van der Waals surface area (Å²) >= 11 is 0. The van der Waals surface area contributed by atoms with E-state index in [0.29, 0.717) is 17.0 Å². The highest BCUT2D eigenvalue weighted by Crippen LogP contribution is 2.21. The van der Waals surface area contributed by atoms with E-state index >= 15 is 0 Å². The number of hydrogen-bond donors (Lipinski definition) is 0. The Bertz CT molecular complexity index is 961. The summed E-state index contributed by atoms with van der Waals surface area (Å²) in [5.41, 5.74) is 0.836. The topological polar surface area (TPSA) is 83.3 Å². The molecule has 0 bridgehead atoms. The minimum Gasteiger partial charge on any atom is -0.489 e. The molecular formula is C15H11F2N3O4S. The fraction of sp³-hybridized carbons (Fsp3) is 0.0667. The number of nitrogens with zero attached hydrogens (tertiary/aromatic N) is 3. The van der Waals surface area contributed by atoms with Gasteiger partial charge in [-0.2, -0.15) is 13.5 Å². The zero-order valence-corrected chi connectivity index (χ0v) is 13.4. The Morgan fingerprint density at radius 3 is 2.40 bits per heavy atom. The molecule has 10 heteroatoms. The average Bonchev–Trinajstić information content (AvgIpc) is 3.08. The fourth-order valence-corrected chi connectivity index (χ4v) is 2.35. The van der Waals surface area contributed by atoms with Crippen LogP contribution in [0.4, 0.5) is 8.28 Å². The number of rotatable bonds is 6. The summed E-state index contributed by atoms with van der Waals surface area (Å²) in [4.78, 5) is 3.79. The lowest BCUT2D eigenvalue weighted by atomic mass is 10.2. The highest BCUT2D eigenvalue weighted by molar-refractivity contribution is 7.81. The molecule has 2 aromatic carbocycles. The lowest BCUT2D eigenvalue weighted by molar-refractivity contribution is 0.299. The largest absolute Gasteiger partial charge is 0.489 e. The average molecular weight is 367 g/mol. The first-order valence-corrected chi connectivity index (χ1v) is 8.22. The molecule has 0 spiro atoms. The second-order valence-corrected chi connectivity index (χ2v) is 5.81. The maximum absolute atomic E-state index is 14.1. The third-order valence-electron chi connectivity index (χ3n) is 3.13. The third kappa shape index (κ3) is 4.51. The molecule has 0 aliphatic rings. The molecule has 25 heavy (non-hydrogen) atoms. The molecule has 0 atom stereocenters. The van der Waals surface area contributed by atoms with Gasteiger partial charge in [-0.25, -0.2) is 14.1 Å². The van der Waals surface area contributed by atoms with Crippen molar-refractivity contribution in [3.05, 3.63) is 66.5 Å². The highest BCUT2D eigenvalue weighted by atomic mass is 32.3. The predicted molar refractivity (Wildman–Crippen MR) is 82.7 cm³/mol. The number of ether oxygens (including phenoxy) is 1. The van der Waals surface area contributed by atoms with E-state index in [9.17, 15) is 16.7 Å². The van der Waals surface area contributed by atoms with Gasteiger partial charge in [0.1, 0.15) is 36.6 Å². The molecule has 0 saturated carbocycles. The first-order valence-electron chi connectivity index (χ1n) is 6.91. The van der Waals surface area contributed by atoms with Crippen molar-refractivity contribution in [2.45, 2.75) is 6.61 Å². The van der Waals surface area contributed by atoms with Gasteiger partial charge in [-0.3, -0.25) is 0 Å². The van der Waals surface area contributed by atoms with Crippen LogP contribution in [0.15, 0.2) is 55.1 Å². The molecule has 0 N–H and O–H groups in total. The second kappa shape index (κ2) is 6.85. The van der Waals surface area contributed by atoms with E-state index in [-0.39, 0.29) is 12.4 Å². The molecule has 130 valence electrons. The van der Waals surface area contributed by atoms with Gasteiger partial charge in [0.15, 0.2) is 0 Å². The first-order chi connectivity index (χ1) is 11.9. The van der Waals surface area contributed by atoms with Crippen LogP contribution in [-0.2, 0) is 17.1 Å². The van der Waals surface area contributed by atoms with Crippen LogP contribution in [0.5, 0.6) is 11.5 Å². The minimum absolute atomic E-state index is 0.0505. The summed E-state index contributed by atoms with van der Waals surface area (Å²) in [5.74, 6) is -0.335. The van der Waals surface area contributed by atoms with Crippen molar-refractivity contribution in [3.8, 4) is 17.2 Å². The molecule has 1 aromatic heterocycles. The van der Waals surface area contributed by atoms with Crippen LogP contribution in [0, 0.1) is 5.82 Å². The molecule has 0 aliphatic carbocycles. The highest BCUT2D eigenvalue weighted by Gasteiger charge is 2.10. The second-order valence-electron chi connectivity index (χ2n) is 4.85. The Labute approximate surface area is 141 Å². The van der Waals surface area contributed by atoms with Gasteiger partial charge in [-0.15, -0.1) is 0 Å². The molecule has 0 aliphatic heterocycles. The Morgan fingerprint density at radius 1 is 1.08 bits per heavy atom. The third-order valence-corrected chi connectivity index (χ3v) is 3.53. The summed E-state index contributed by atoms with van der Waals surface area (Å²) in [5, 5.41) is 3.91. The lowest BCUT2D eigenvalue weighted by Crippen LogP contribution is -2.02. The normalized spacial score (nSPS) is 11.3. The van der Waals surface area contributed by atoms with E-state index in [1.54, 1.807) is 12.1 Å². The van der Waals surface area contributed by atoms with Gasteiger partial charge in [0.25, 0.3) is 0 Å². The van der Waals surface area contributed by atoms with Crippen molar-refractivity contribution in [2.75, 3.05) is 0 Å². The van der Waals surface area contributed by atoms with Gasteiger partial charge in [0.05, 0.1) is 5.69 Å². The van der Waals surface area contributed by atoms with Crippen molar-refractivity contribution in [1.29, 1.82) is 0 Å². The van der Waals surface area contributed by atoms with Crippen molar-refractivity contribution < 1.29 is 25.6 Å². The molecule has 3 aromatic rings. The van der Waals surface area contributed by atoms with E-state index in [4.69, 9.17) is 4.74 Å². The monoisotopic (exact) mass is 367 g/mol. The summed E-state index contributed by atoms with van der Waals surface area (Å²) in [6, 6.07) is 9.72.